The summed E-state index contributed by atoms with van der Waals surface area (Å²) < 4.78 is 32.7. The first kappa shape index (κ1) is 16.1. The Hall–Kier alpha value is -2.27. The highest BCUT2D eigenvalue weighted by atomic mass is 32.2. The topological polar surface area (TPSA) is 55.4 Å². The second-order valence-corrected chi connectivity index (χ2v) is 6.87. The molecular formula is C17H19NO3S. The van der Waals surface area contributed by atoms with E-state index in [0.29, 0.717) is 18.0 Å². The Labute approximate surface area is 131 Å². The third-order valence-electron chi connectivity index (χ3n) is 2.90. The van der Waals surface area contributed by atoms with Gasteiger partial charge in [-0.1, -0.05) is 30.3 Å². The summed E-state index contributed by atoms with van der Waals surface area (Å²) in [5.74, 6) is 0.590. The van der Waals surface area contributed by atoms with Crippen molar-refractivity contribution in [3.8, 4) is 5.75 Å². The van der Waals surface area contributed by atoms with Crippen LogP contribution in [0.4, 0.5) is 5.69 Å². The predicted molar refractivity (Wildman–Crippen MR) is 88.7 cm³/mol. The summed E-state index contributed by atoms with van der Waals surface area (Å²) in [5, 5.41) is 0. The number of sulfonamides is 1. The van der Waals surface area contributed by atoms with Gasteiger partial charge in [-0.25, -0.2) is 8.42 Å². The minimum absolute atomic E-state index is 0.228. The van der Waals surface area contributed by atoms with E-state index in [4.69, 9.17) is 4.74 Å². The SMILES string of the molecule is C=C(C)COc1cccc(NS(=O)(=O)c2ccc(C)cc2)c1. The van der Waals surface area contributed by atoms with Gasteiger partial charge in [-0.2, -0.15) is 0 Å². The maximum atomic E-state index is 12.3. The van der Waals surface area contributed by atoms with Crippen LogP contribution in [0.2, 0.25) is 0 Å². The predicted octanol–water partition coefficient (Wildman–Crippen LogP) is 3.75. The number of hydrogen-bond acceptors (Lipinski definition) is 3. The normalized spacial score (nSPS) is 11.0. The number of anilines is 1. The highest BCUT2D eigenvalue weighted by Gasteiger charge is 2.14. The summed E-state index contributed by atoms with van der Waals surface area (Å²) in [6.07, 6.45) is 0. The number of benzene rings is 2. The molecule has 0 spiro atoms. The van der Waals surface area contributed by atoms with Gasteiger partial charge in [0.15, 0.2) is 0 Å². The van der Waals surface area contributed by atoms with Crippen LogP contribution in [0.25, 0.3) is 0 Å². The summed E-state index contributed by atoms with van der Waals surface area (Å²) in [7, 11) is -3.60. The van der Waals surface area contributed by atoms with Crippen LogP contribution < -0.4 is 9.46 Å². The van der Waals surface area contributed by atoms with Gasteiger partial charge < -0.3 is 4.74 Å². The average Bonchev–Trinajstić information content (AvgIpc) is 2.45. The molecule has 5 heteroatoms. The molecule has 116 valence electrons. The minimum Gasteiger partial charge on any atom is -0.489 e. The highest BCUT2D eigenvalue weighted by molar-refractivity contribution is 7.92. The highest BCUT2D eigenvalue weighted by Crippen LogP contribution is 2.21. The third-order valence-corrected chi connectivity index (χ3v) is 4.30. The fourth-order valence-electron chi connectivity index (χ4n) is 1.79. The van der Waals surface area contributed by atoms with E-state index in [9.17, 15) is 8.42 Å². The van der Waals surface area contributed by atoms with Crippen LogP contribution in [0, 0.1) is 6.92 Å². The van der Waals surface area contributed by atoms with Gasteiger partial charge in [0.2, 0.25) is 0 Å². The van der Waals surface area contributed by atoms with Crippen LogP contribution in [-0.4, -0.2) is 15.0 Å². The van der Waals surface area contributed by atoms with Crippen molar-refractivity contribution in [2.75, 3.05) is 11.3 Å². The van der Waals surface area contributed by atoms with Crippen LogP contribution in [0.1, 0.15) is 12.5 Å². The monoisotopic (exact) mass is 317 g/mol. The van der Waals surface area contributed by atoms with Gasteiger partial charge in [-0.3, -0.25) is 4.72 Å². The molecule has 0 saturated carbocycles. The van der Waals surface area contributed by atoms with Gasteiger partial charge in [-0.15, -0.1) is 0 Å². The van der Waals surface area contributed by atoms with Crippen LogP contribution in [-0.2, 0) is 10.0 Å². The maximum Gasteiger partial charge on any atom is 0.261 e. The Morgan fingerprint density at radius 3 is 2.50 bits per heavy atom. The van der Waals surface area contributed by atoms with Gasteiger partial charge in [0.25, 0.3) is 10.0 Å². The average molecular weight is 317 g/mol. The maximum absolute atomic E-state index is 12.3. The van der Waals surface area contributed by atoms with Crippen molar-refractivity contribution in [3.63, 3.8) is 0 Å². The number of aryl methyl sites for hydroxylation is 1. The zero-order chi connectivity index (χ0) is 16.2. The van der Waals surface area contributed by atoms with Crippen molar-refractivity contribution < 1.29 is 13.2 Å². The first-order chi connectivity index (χ1) is 10.4. The summed E-state index contributed by atoms with van der Waals surface area (Å²) in [6.45, 7) is 7.93. The molecule has 2 aromatic carbocycles. The van der Waals surface area contributed by atoms with E-state index in [0.717, 1.165) is 11.1 Å². The molecule has 0 aromatic heterocycles. The molecule has 0 aliphatic carbocycles. The van der Waals surface area contributed by atoms with Crippen molar-refractivity contribution in [1.29, 1.82) is 0 Å². The smallest absolute Gasteiger partial charge is 0.261 e. The van der Waals surface area contributed by atoms with Crippen molar-refractivity contribution in [2.45, 2.75) is 18.7 Å². The van der Waals surface area contributed by atoms with Gasteiger partial charge in [0, 0.05) is 6.07 Å². The van der Waals surface area contributed by atoms with Gasteiger partial charge in [0.1, 0.15) is 12.4 Å². The summed E-state index contributed by atoms with van der Waals surface area (Å²) in [4.78, 5) is 0.228. The van der Waals surface area contributed by atoms with Gasteiger partial charge in [-0.05, 0) is 43.7 Å². The summed E-state index contributed by atoms with van der Waals surface area (Å²) >= 11 is 0. The van der Waals surface area contributed by atoms with Crippen molar-refractivity contribution in [2.24, 2.45) is 0 Å². The molecule has 0 aliphatic heterocycles. The molecule has 0 amide bonds. The number of nitrogens with one attached hydrogen (secondary N) is 1. The first-order valence-electron chi connectivity index (χ1n) is 6.83. The molecule has 0 saturated heterocycles. The second-order valence-electron chi connectivity index (χ2n) is 5.19. The molecule has 0 bridgehead atoms. The molecular weight excluding hydrogens is 298 g/mol. The fraction of sp³-hybridized carbons (Fsp3) is 0.176. The zero-order valence-corrected chi connectivity index (χ0v) is 13.5. The standard InChI is InChI=1S/C17H19NO3S/c1-13(2)12-21-16-6-4-5-15(11-16)18-22(19,20)17-9-7-14(3)8-10-17/h4-11,18H,1,12H2,2-3H3. The van der Waals surface area contributed by atoms with Gasteiger partial charge in [0.05, 0.1) is 10.6 Å². The van der Waals surface area contributed by atoms with Gasteiger partial charge >= 0.3 is 0 Å². The lowest BCUT2D eigenvalue weighted by molar-refractivity contribution is 0.353. The molecule has 0 radical (unpaired) electrons. The van der Waals surface area contributed by atoms with Crippen LogP contribution >= 0.6 is 0 Å². The molecule has 0 unspecified atom stereocenters. The molecule has 0 aliphatic rings. The van der Waals surface area contributed by atoms with E-state index in [1.165, 1.54) is 0 Å². The molecule has 2 rings (SSSR count). The minimum atomic E-state index is -3.60. The Kier molecular flexibility index (Phi) is 4.88. The van der Waals surface area contributed by atoms with Crippen molar-refractivity contribution in [1.82, 2.24) is 0 Å². The van der Waals surface area contributed by atoms with E-state index < -0.39 is 10.0 Å². The largest absolute Gasteiger partial charge is 0.489 e. The van der Waals surface area contributed by atoms with E-state index in [1.807, 2.05) is 13.8 Å². The van der Waals surface area contributed by atoms with E-state index in [1.54, 1.807) is 48.5 Å². The second kappa shape index (κ2) is 6.66. The summed E-state index contributed by atoms with van der Waals surface area (Å²) in [5.41, 5.74) is 2.36. The van der Waals surface area contributed by atoms with Crippen LogP contribution in [0.3, 0.4) is 0 Å². The van der Waals surface area contributed by atoms with E-state index >= 15 is 0 Å². The van der Waals surface area contributed by atoms with Crippen LogP contribution in [0.15, 0.2) is 65.6 Å². The van der Waals surface area contributed by atoms with E-state index in [-0.39, 0.29) is 4.90 Å². The number of hydrogen-bond donors (Lipinski definition) is 1. The lowest BCUT2D eigenvalue weighted by atomic mass is 10.2. The first-order valence-corrected chi connectivity index (χ1v) is 8.32. The van der Waals surface area contributed by atoms with E-state index in [2.05, 4.69) is 11.3 Å². The molecule has 0 heterocycles. The zero-order valence-electron chi connectivity index (χ0n) is 12.7. The fourth-order valence-corrected chi connectivity index (χ4v) is 2.84. The number of rotatable bonds is 6. The Morgan fingerprint density at radius 1 is 1.18 bits per heavy atom. The molecule has 4 nitrogen and oxygen atoms in total. The lowest BCUT2D eigenvalue weighted by Gasteiger charge is -2.10. The Bertz CT molecular complexity index is 765. The van der Waals surface area contributed by atoms with Crippen LogP contribution in [0.5, 0.6) is 5.75 Å². The Balaban J connectivity index is 2.17. The quantitative estimate of drug-likeness (QED) is 0.826. The molecule has 22 heavy (non-hydrogen) atoms. The molecule has 2 aromatic rings. The third kappa shape index (κ3) is 4.36. The molecule has 1 N–H and O–H groups in total. The van der Waals surface area contributed by atoms with Crippen molar-refractivity contribution in [3.05, 3.63) is 66.2 Å². The summed E-state index contributed by atoms with van der Waals surface area (Å²) in [6, 6.07) is 13.5. The lowest BCUT2D eigenvalue weighted by Crippen LogP contribution is -2.13. The molecule has 0 fully saturated rings. The Morgan fingerprint density at radius 2 is 1.86 bits per heavy atom. The number of ether oxygens (including phenoxy) is 1. The molecule has 0 atom stereocenters. The van der Waals surface area contributed by atoms with Crippen molar-refractivity contribution >= 4 is 15.7 Å².